The zero-order chi connectivity index (χ0) is 10.7. The Hall–Kier alpha value is -1.57. The van der Waals surface area contributed by atoms with E-state index < -0.39 is 0 Å². The van der Waals surface area contributed by atoms with E-state index in [1.165, 1.54) is 17.5 Å². The van der Waals surface area contributed by atoms with Crippen LogP contribution in [0.25, 0.3) is 11.3 Å². The molecule has 0 fully saturated rings. The van der Waals surface area contributed by atoms with Crippen molar-refractivity contribution < 1.29 is 0 Å². The molecule has 0 atom stereocenters. The molecular weight excluding hydrogens is 184 g/mol. The molecule has 0 bridgehead atoms. The number of nitrogens with one attached hydrogen (secondary N) is 1. The van der Waals surface area contributed by atoms with Gasteiger partial charge >= 0.3 is 0 Å². The fraction of sp³-hybridized carbons (Fsp3) is 0.308. The highest BCUT2D eigenvalue weighted by atomic mass is 14.9. The molecule has 2 heteroatoms. The maximum Gasteiger partial charge on any atom is 0.103 e. The highest BCUT2D eigenvalue weighted by Gasteiger charge is 2.00. The third-order valence-electron chi connectivity index (χ3n) is 2.51. The summed E-state index contributed by atoms with van der Waals surface area (Å²) in [7, 11) is 0. The number of aryl methyl sites for hydroxylation is 2. The van der Waals surface area contributed by atoms with Crippen LogP contribution in [0.3, 0.4) is 0 Å². The Balaban J connectivity index is 2.23. The van der Waals surface area contributed by atoms with Crippen LogP contribution in [0, 0.1) is 6.92 Å². The van der Waals surface area contributed by atoms with Crippen LogP contribution in [0.15, 0.2) is 30.5 Å². The number of benzene rings is 1. The summed E-state index contributed by atoms with van der Waals surface area (Å²) in [5, 5.41) is 0. The summed E-state index contributed by atoms with van der Waals surface area (Å²) in [6, 6.07) is 8.68. The number of hydrogen-bond donors (Lipinski definition) is 1. The van der Waals surface area contributed by atoms with Crippen molar-refractivity contribution in [3.05, 3.63) is 41.9 Å². The molecule has 0 radical (unpaired) electrons. The lowest BCUT2D eigenvalue weighted by molar-refractivity contribution is 0.922. The first-order chi connectivity index (χ1) is 7.29. The standard InChI is InChI=1S/C13H16N2/c1-3-4-11-5-7-12(8-6-11)13-9-14-10(2)15-13/h5-9H,3-4H2,1-2H3,(H,14,15). The summed E-state index contributed by atoms with van der Waals surface area (Å²) in [6.07, 6.45) is 4.23. The molecule has 2 rings (SSSR count). The van der Waals surface area contributed by atoms with Gasteiger partial charge in [-0.25, -0.2) is 4.98 Å². The van der Waals surface area contributed by atoms with Crippen molar-refractivity contribution in [2.24, 2.45) is 0 Å². The molecule has 78 valence electrons. The molecule has 1 heterocycles. The van der Waals surface area contributed by atoms with E-state index in [1.807, 2.05) is 13.1 Å². The zero-order valence-corrected chi connectivity index (χ0v) is 9.25. The predicted octanol–water partition coefficient (Wildman–Crippen LogP) is 3.34. The number of imidazole rings is 1. The van der Waals surface area contributed by atoms with Gasteiger partial charge in [0, 0.05) is 0 Å². The van der Waals surface area contributed by atoms with Gasteiger partial charge in [-0.3, -0.25) is 0 Å². The Kier molecular flexibility index (Phi) is 2.86. The molecular formula is C13H16N2. The van der Waals surface area contributed by atoms with Crippen molar-refractivity contribution in [1.29, 1.82) is 0 Å². The molecule has 0 amide bonds. The Labute approximate surface area is 90.4 Å². The van der Waals surface area contributed by atoms with Gasteiger partial charge in [0.2, 0.25) is 0 Å². The molecule has 1 N–H and O–H groups in total. The summed E-state index contributed by atoms with van der Waals surface area (Å²) in [4.78, 5) is 7.43. The van der Waals surface area contributed by atoms with Crippen LogP contribution in [-0.4, -0.2) is 9.97 Å². The zero-order valence-electron chi connectivity index (χ0n) is 9.25. The molecule has 2 aromatic rings. The van der Waals surface area contributed by atoms with E-state index in [4.69, 9.17) is 0 Å². The van der Waals surface area contributed by atoms with Gasteiger partial charge in [-0.1, -0.05) is 37.6 Å². The molecule has 1 aromatic heterocycles. The molecule has 15 heavy (non-hydrogen) atoms. The molecule has 0 saturated heterocycles. The van der Waals surface area contributed by atoms with Gasteiger partial charge in [0.15, 0.2) is 0 Å². The SMILES string of the molecule is CCCc1ccc(-c2cnc(C)[nH]2)cc1. The van der Waals surface area contributed by atoms with Crippen LogP contribution >= 0.6 is 0 Å². The first kappa shape index (κ1) is 9.97. The van der Waals surface area contributed by atoms with Crippen LogP contribution in [-0.2, 0) is 6.42 Å². The van der Waals surface area contributed by atoms with E-state index in [-0.39, 0.29) is 0 Å². The number of hydrogen-bond acceptors (Lipinski definition) is 1. The van der Waals surface area contributed by atoms with Crippen LogP contribution in [0.5, 0.6) is 0 Å². The number of aromatic nitrogens is 2. The maximum absolute atomic E-state index is 4.20. The highest BCUT2D eigenvalue weighted by molar-refractivity contribution is 5.58. The van der Waals surface area contributed by atoms with Crippen molar-refractivity contribution in [3.63, 3.8) is 0 Å². The van der Waals surface area contributed by atoms with Crippen molar-refractivity contribution in [1.82, 2.24) is 9.97 Å². The molecule has 0 spiro atoms. The highest BCUT2D eigenvalue weighted by Crippen LogP contribution is 2.17. The minimum Gasteiger partial charge on any atom is -0.342 e. The molecule has 0 aliphatic heterocycles. The summed E-state index contributed by atoms with van der Waals surface area (Å²) in [5.41, 5.74) is 3.70. The minimum atomic E-state index is 0.961. The lowest BCUT2D eigenvalue weighted by Crippen LogP contribution is -1.83. The smallest absolute Gasteiger partial charge is 0.103 e. The van der Waals surface area contributed by atoms with Crippen molar-refractivity contribution in [3.8, 4) is 11.3 Å². The van der Waals surface area contributed by atoms with Gasteiger partial charge in [-0.05, 0) is 24.5 Å². The van der Waals surface area contributed by atoms with Gasteiger partial charge in [0.25, 0.3) is 0 Å². The van der Waals surface area contributed by atoms with E-state index >= 15 is 0 Å². The lowest BCUT2D eigenvalue weighted by Gasteiger charge is -2.00. The molecule has 1 aromatic carbocycles. The fourth-order valence-corrected chi connectivity index (χ4v) is 1.71. The molecule has 2 nitrogen and oxygen atoms in total. The van der Waals surface area contributed by atoms with E-state index in [1.54, 1.807) is 0 Å². The molecule has 0 saturated carbocycles. The maximum atomic E-state index is 4.20. The lowest BCUT2D eigenvalue weighted by atomic mass is 10.1. The molecule has 0 unspecified atom stereocenters. The second kappa shape index (κ2) is 4.30. The van der Waals surface area contributed by atoms with Crippen LogP contribution in [0.2, 0.25) is 0 Å². The fourth-order valence-electron chi connectivity index (χ4n) is 1.71. The minimum absolute atomic E-state index is 0.961. The van der Waals surface area contributed by atoms with E-state index in [2.05, 4.69) is 41.2 Å². The topological polar surface area (TPSA) is 28.7 Å². The van der Waals surface area contributed by atoms with Gasteiger partial charge in [0.1, 0.15) is 5.82 Å². The average molecular weight is 200 g/mol. The van der Waals surface area contributed by atoms with E-state index in [9.17, 15) is 0 Å². The number of rotatable bonds is 3. The van der Waals surface area contributed by atoms with E-state index in [0.29, 0.717) is 0 Å². The van der Waals surface area contributed by atoms with Gasteiger partial charge in [-0.15, -0.1) is 0 Å². The Morgan fingerprint density at radius 2 is 1.93 bits per heavy atom. The third-order valence-corrected chi connectivity index (χ3v) is 2.51. The third kappa shape index (κ3) is 2.27. The quantitative estimate of drug-likeness (QED) is 0.808. The Morgan fingerprint density at radius 1 is 1.20 bits per heavy atom. The largest absolute Gasteiger partial charge is 0.342 e. The summed E-state index contributed by atoms with van der Waals surface area (Å²) >= 11 is 0. The predicted molar refractivity (Wildman–Crippen MR) is 62.8 cm³/mol. The second-order valence-corrected chi connectivity index (χ2v) is 3.83. The number of aromatic amines is 1. The summed E-state index contributed by atoms with van der Waals surface area (Å²) in [5.74, 6) is 0.961. The number of nitrogens with zero attached hydrogens (tertiary/aromatic N) is 1. The van der Waals surface area contributed by atoms with Crippen LogP contribution in [0.4, 0.5) is 0 Å². The summed E-state index contributed by atoms with van der Waals surface area (Å²) in [6.45, 7) is 4.17. The monoisotopic (exact) mass is 200 g/mol. The van der Waals surface area contributed by atoms with Gasteiger partial charge in [-0.2, -0.15) is 0 Å². The van der Waals surface area contributed by atoms with Gasteiger partial charge in [0.05, 0.1) is 11.9 Å². The van der Waals surface area contributed by atoms with Gasteiger partial charge < -0.3 is 4.98 Å². The van der Waals surface area contributed by atoms with Crippen LogP contribution in [0.1, 0.15) is 24.7 Å². The van der Waals surface area contributed by atoms with Crippen LogP contribution < -0.4 is 0 Å². The van der Waals surface area contributed by atoms with Crippen molar-refractivity contribution in [2.45, 2.75) is 26.7 Å². The Morgan fingerprint density at radius 3 is 2.47 bits per heavy atom. The average Bonchev–Trinajstić information content (AvgIpc) is 2.67. The Bertz CT molecular complexity index is 426. The molecule has 0 aliphatic carbocycles. The molecule has 0 aliphatic rings. The van der Waals surface area contributed by atoms with Crippen molar-refractivity contribution in [2.75, 3.05) is 0 Å². The van der Waals surface area contributed by atoms with E-state index in [0.717, 1.165) is 17.9 Å². The van der Waals surface area contributed by atoms with Crippen molar-refractivity contribution >= 4 is 0 Å². The first-order valence-electron chi connectivity index (χ1n) is 5.40. The normalized spacial score (nSPS) is 10.5. The summed E-state index contributed by atoms with van der Waals surface area (Å²) < 4.78 is 0. The first-order valence-corrected chi connectivity index (χ1v) is 5.40. The number of H-pyrrole nitrogens is 1. The second-order valence-electron chi connectivity index (χ2n) is 3.83.